The number of likely N-dealkylation sites (N-methyl/N-ethyl adjacent to an activating group) is 1. The van der Waals surface area contributed by atoms with E-state index in [1.54, 1.807) is 0 Å². The standard InChI is InChI=1S/C9H17N3/c1-4-8-9(5-6-10-2)12(3)7-11-8/h7,10H,4-6H2,1-3H3. The molecule has 3 nitrogen and oxygen atoms in total. The van der Waals surface area contributed by atoms with Crippen LogP contribution in [0.25, 0.3) is 0 Å². The topological polar surface area (TPSA) is 29.9 Å². The molecule has 0 atom stereocenters. The Balaban J connectivity index is 2.72. The van der Waals surface area contributed by atoms with Gasteiger partial charge in [-0.25, -0.2) is 4.98 Å². The molecular weight excluding hydrogens is 150 g/mol. The summed E-state index contributed by atoms with van der Waals surface area (Å²) < 4.78 is 2.11. The van der Waals surface area contributed by atoms with E-state index in [1.165, 1.54) is 11.4 Å². The fraction of sp³-hybridized carbons (Fsp3) is 0.667. The summed E-state index contributed by atoms with van der Waals surface area (Å²) in [5.74, 6) is 0. The van der Waals surface area contributed by atoms with Gasteiger partial charge in [-0.1, -0.05) is 6.92 Å². The number of aromatic nitrogens is 2. The van der Waals surface area contributed by atoms with Crippen molar-refractivity contribution in [3.05, 3.63) is 17.7 Å². The van der Waals surface area contributed by atoms with E-state index in [0.717, 1.165) is 19.4 Å². The van der Waals surface area contributed by atoms with Crippen LogP contribution in [0.4, 0.5) is 0 Å². The molecule has 0 amide bonds. The first-order chi connectivity index (χ1) is 5.79. The third kappa shape index (κ3) is 1.85. The van der Waals surface area contributed by atoms with Crippen LogP contribution in [0.1, 0.15) is 18.3 Å². The molecule has 0 aliphatic carbocycles. The zero-order valence-corrected chi connectivity index (χ0v) is 8.09. The van der Waals surface area contributed by atoms with Crippen LogP contribution in [0, 0.1) is 0 Å². The molecule has 12 heavy (non-hydrogen) atoms. The lowest BCUT2D eigenvalue weighted by molar-refractivity contribution is 0.730. The molecule has 1 heterocycles. The van der Waals surface area contributed by atoms with Crippen molar-refractivity contribution >= 4 is 0 Å². The van der Waals surface area contributed by atoms with Crippen molar-refractivity contribution in [2.24, 2.45) is 7.05 Å². The third-order valence-electron chi connectivity index (χ3n) is 2.09. The maximum absolute atomic E-state index is 4.32. The van der Waals surface area contributed by atoms with Gasteiger partial charge in [-0.2, -0.15) is 0 Å². The van der Waals surface area contributed by atoms with Crippen LogP contribution in [0.3, 0.4) is 0 Å². The van der Waals surface area contributed by atoms with E-state index >= 15 is 0 Å². The lowest BCUT2D eigenvalue weighted by Crippen LogP contribution is -2.13. The van der Waals surface area contributed by atoms with Gasteiger partial charge in [0.1, 0.15) is 0 Å². The first-order valence-electron chi connectivity index (χ1n) is 4.43. The molecule has 0 fully saturated rings. The van der Waals surface area contributed by atoms with Crippen molar-refractivity contribution in [1.82, 2.24) is 14.9 Å². The van der Waals surface area contributed by atoms with Crippen LogP contribution in [-0.4, -0.2) is 23.1 Å². The summed E-state index contributed by atoms with van der Waals surface area (Å²) in [7, 11) is 4.03. The van der Waals surface area contributed by atoms with Gasteiger partial charge >= 0.3 is 0 Å². The number of imidazole rings is 1. The number of hydrogen-bond acceptors (Lipinski definition) is 2. The van der Waals surface area contributed by atoms with Crippen LogP contribution >= 0.6 is 0 Å². The van der Waals surface area contributed by atoms with Gasteiger partial charge in [0.25, 0.3) is 0 Å². The van der Waals surface area contributed by atoms with E-state index in [2.05, 4.69) is 28.8 Å². The Labute approximate surface area is 73.8 Å². The lowest BCUT2D eigenvalue weighted by Gasteiger charge is -2.03. The van der Waals surface area contributed by atoms with Crippen molar-refractivity contribution in [3.63, 3.8) is 0 Å². The molecule has 0 bridgehead atoms. The van der Waals surface area contributed by atoms with Crippen molar-refractivity contribution < 1.29 is 0 Å². The van der Waals surface area contributed by atoms with E-state index in [4.69, 9.17) is 0 Å². The maximum Gasteiger partial charge on any atom is 0.0949 e. The monoisotopic (exact) mass is 167 g/mol. The minimum Gasteiger partial charge on any atom is -0.337 e. The lowest BCUT2D eigenvalue weighted by atomic mass is 10.2. The molecular formula is C9H17N3. The first-order valence-corrected chi connectivity index (χ1v) is 4.43. The van der Waals surface area contributed by atoms with Gasteiger partial charge in [0, 0.05) is 25.7 Å². The summed E-state index contributed by atoms with van der Waals surface area (Å²) >= 11 is 0. The molecule has 0 aromatic carbocycles. The summed E-state index contributed by atoms with van der Waals surface area (Å²) in [6.45, 7) is 3.16. The normalized spacial score (nSPS) is 10.6. The van der Waals surface area contributed by atoms with Crippen LogP contribution in [0.5, 0.6) is 0 Å². The Kier molecular flexibility index (Phi) is 3.29. The summed E-state index contributed by atoms with van der Waals surface area (Å²) in [6, 6.07) is 0. The number of hydrogen-bond donors (Lipinski definition) is 1. The molecule has 1 aromatic heterocycles. The minimum atomic E-state index is 1.02. The van der Waals surface area contributed by atoms with Gasteiger partial charge in [-0.15, -0.1) is 0 Å². The van der Waals surface area contributed by atoms with Crippen molar-refractivity contribution in [3.8, 4) is 0 Å². The van der Waals surface area contributed by atoms with Gasteiger partial charge < -0.3 is 9.88 Å². The van der Waals surface area contributed by atoms with Gasteiger partial charge in [-0.05, 0) is 13.5 Å². The average molecular weight is 167 g/mol. The van der Waals surface area contributed by atoms with Crippen molar-refractivity contribution in [1.29, 1.82) is 0 Å². The number of aryl methyl sites for hydroxylation is 2. The largest absolute Gasteiger partial charge is 0.337 e. The Morgan fingerprint density at radius 1 is 1.58 bits per heavy atom. The first kappa shape index (κ1) is 9.26. The van der Waals surface area contributed by atoms with Gasteiger partial charge in [-0.3, -0.25) is 0 Å². The van der Waals surface area contributed by atoms with E-state index < -0.39 is 0 Å². The maximum atomic E-state index is 4.32. The molecule has 0 aliphatic rings. The highest BCUT2D eigenvalue weighted by atomic mass is 15.0. The predicted octanol–water partition coefficient (Wildman–Crippen LogP) is 0.744. The molecule has 0 spiro atoms. The van der Waals surface area contributed by atoms with E-state index in [9.17, 15) is 0 Å². The molecule has 0 radical (unpaired) electrons. The zero-order chi connectivity index (χ0) is 8.97. The zero-order valence-electron chi connectivity index (χ0n) is 8.09. The third-order valence-corrected chi connectivity index (χ3v) is 2.09. The second-order valence-electron chi connectivity index (χ2n) is 2.96. The highest BCUT2D eigenvalue weighted by Gasteiger charge is 2.04. The Bertz CT molecular complexity index is 240. The Morgan fingerprint density at radius 3 is 2.92 bits per heavy atom. The van der Waals surface area contributed by atoms with Crippen LogP contribution in [0.15, 0.2) is 6.33 Å². The van der Waals surface area contributed by atoms with Crippen molar-refractivity contribution in [2.45, 2.75) is 19.8 Å². The van der Waals surface area contributed by atoms with Crippen LogP contribution in [0.2, 0.25) is 0 Å². The van der Waals surface area contributed by atoms with Gasteiger partial charge in [0.05, 0.1) is 12.0 Å². The summed E-state index contributed by atoms with van der Waals surface area (Å²) in [6.07, 6.45) is 3.99. The fourth-order valence-corrected chi connectivity index (χ4v) is 1.36. The highest BCUT2D eigenvalue weighted by molar-refractivity contribution is 5.13. The molecule has 1 aromatic rings. The minimum absolute atomic E-state index is 1.02. The van der Waals surface area contributed by atoms with E-state index in [1.807, 2.05) is 13.4 Å². The smallest absolute Gasteiger partial charge is 0.0949 e. The van der Waals surface area contributed by atoms with E-state index in [0.29, 0.717) is 0 Å². The molecule has 3 heteroatoms. The number of rotatable bonds is 4. The van der Waals surface area contributed by atoms with Crippen LogP contribution in [-0.2, 0) is 19.9 Å². The van der Waals surface area contributed by atoms with Gasteiger partial charge in [0.15, 0.2) is 0 Å². The summed E-state index contributed by atoms with van der Waals surface area (Å²) in [4.78, 5) is 4.32. The molecule has 0 saturated carbocycles. The quantitative estimate of drug-likeness (QED) is 0.717. The molecule has 1 N–H and O–H groups in total. The molecule has 0 unspecified atom stereocenters. The predicted molar refractivity (Wildman–Crippen MR) is 50.2 cm³/mol. The number of nitrogens with zero attached hydrogens (tertiary/aromatic N) is 2. The van der Waals surface area contributed by atoms with Gasteiger partial charge in [0.2, 0.25) is 0 Å². The average Bonchev–Trinajstić information content (AvgIpc) is 2.43. The number of nitrogens with one attached hydrogen (secondary N) is 1. The summed E-state index contributed by atoms with van der Waals surface area (Å²) in [5.41, 5.74) is 2.58. The molecule has 0 aliphatic heterocycles. The fourth-order valence-electron chi connectivity index (χ4n) is 1.36. The second kappa shape index (κ2) is 4.26. The molecule has 68 valence electrons. The van der Waals surface area contributed by atoms with Crippen LogP contribution < -0.4 is 5.32 Å². The van der Waals surface area contributed by atoms with E-state index in [-0.39, 0.29) is 0 Å². The highest BCUT2D eigenvalue weighted by Crippen LogP contribution is 2.06. The second-order valence-corrected chi connectivity index (χ2v) is 2.96. The molecule has 1 rings (SSSR count). The van der Waals surface area contributed by atoms with Crippen molar-refractivity contribution in [2.75, 3.05) is 13.6 Å². The Hall–Kier alpha value is -0.830. The molecule has 0 saturated heterocycles. The summed E-state index contributed by atoms with van der Waals surface area (Å²) in [5, 5.41) is 3.14. The SMILES string of the molecule is CCc1ncn(C)c1CCNC. The Morgan fingerprint density at radius 2 is 2.33 bits per heavy atom.